The average Bonchev–Trinajstić information content (AvgIpc) is 3.05. The maximum atomic E-state index is 5.36. The van der Waals surface area contributed by atoms with Crippen LogP contribution in [0.3, 0.4) is 0 Å². The Bertz CT molecular complexity index is 643. The molecule has 24 heavy (non-hydrogen) atoms. The molecule has 0 spiro atoms. The van der Waals surface area contributed by atoms with Gasteiger partial charge in [0.2, 0.25) is 0 Å². The lowest BCUT2D eigenvalue weighted by atomic mass is 10.2. The van der Waals surface area contributed by atoms with Crippen LogP contribution in [0.1, 0.15) is 25.2 Å². The molecule has 0 saturated carbocycles. The van der Waals surface area contributed by atoms with E-state index in [1.54, 1.807) is 13.4 Å². The van der Waals surface area contributed by atoms with E-state index in [2.05, 4.69) is 32.7 Å². The SMILES string of the molecule is CCNC(=NCc1ccccc1OC)NCc1nncn1CC.I. The fourth-order valence-corrected chi connectivity index (χ4v) is 2.18. The summed E-state index contributed by atoms with van der Waals surface area (Å²) in [4.78, 5) is 4.60. The van der Waals surface area contributed by atoms with Crippen molar-refractivity contribution in [1.82, 2.24) is 25.4 Å². The average molecular weight is 444 g/mol. The first-order valence-electron chi connectivity index (χ1n) is 7.79. The van der Waals surface area contributed by atoms with Gasteiger partial charge in [0.15, 0.2) is 11.8 Å². The van der Waals surface area contributed by atoms with E-state index in [1.165, 1.54) is 0 Å². The lowest BCUT2D eigenvalue weighted by Crippen LogP contribution is -2.37. The van der Waals surface area contributed by atoms with Crippen LogP contribution in [-0.2, 0) is 19.6 Å². The fourth-order valence-electron chi connectivity index (χ4n) is 2.18. The van der Waals surface area contributed by atoms with E-state index < -0.39 is 0 Å². The summed E-state index contributed by atoms with van der Waals surface area (Å²) in [5.41, 5.74) is 1.05. The number of nitrogens with one attached hydrogen (secondary N) is 2. The number of aryl methyl sites for hydroxylation is 1. The molecule has 0 aliphatic rings. The van der Waals surface area contributed by atoms with Crippen LogP contribution in [0.5, 0.6) is 5.75 Å². The Hall–Kier alpha value is -1.84. The molecule has 2 aromatic rings. The summed E-state index contributed by atoms with van der Waals surface area (Å²) in [6, 6.07) is 7.89. The molecule has 0 amide bonds. The molecule has 0 bridgehead atoms. The smallest absolute Gasteiger partial charge is 0.191 e. The Balaban J connectivity index is 0.00000288. The molecule has 0 saturated heterocycles. The molecular weight excluding hydrogens is 419 g/mol. The molecule has 0 aliphatic carbocycles. The van der Waals surface area contributed by atoms with Crippen molar-refractivity contribution in [3.8, 4) is 5.75 Å². The molecule has 0 atom stereocenters. The monoisotopic (exact) mass is 444 g/mol. The summed E-state index contributed by atoms with van der Waals surface area (Å²) in [6.45, 7) is 6.85. The van der Waals surface area contributed by atoms with E-state index in [9.17, 15) is 0 Å². The maximum Gasteiger partial charge on any atom is 0.191 e. The molecule has 0 radical (unpaired) electrons. The van der Waals surface area contributed by atoms with Crippen molar-refractivity contribution in [2.75, 3.05) is 13.7 Å². The quantitative estimate of drug-likeness (QED) is 0.389. The number of guanidine groups is 1. The Morgan fingerprint density at radius 2 is 2.04 bits per heavy atom. The van der Waals surface area contributed by atoms with E-state index in [1.807, 2.05) is 35.8 Å². The number of hydrogen-bond acceptors (Lipinski definition) is 4. The summed E-state index contributed by atoms with van der Waals surface area (Å²) >= 11 is 0. The minimum absolute atomic E-state index is 0. The van der Waals surface area contributed by atoms with Gasteiger partial charge < -0.3 is 19.9 Å². The highest BCUT2D eigenvalue weighted by molar-refractivity contribution is 14.0. The summed E-state index contributed by atoms with van der Waals surface area (Å²) in [5, 5.41) is 14.6. The van der Waals surface area contributed by atoms with Crippen LogP contribution in [0.2, 0.25) is 0 Å². The molecule has 7 nitrogen and oxygen atoms in total. The van der Waals surface area contributed by atoms with Gasteiger partial charge in [0, 0.05) is 18.7 Å². The number of nitrogens with zero attached hydrogens (tertiary/aromatic N) is 4. The van der Waals surface area contributed by atoms with Crippen molar-refractivity contribution >= 4 is 29.9 Å². The standard InChI is InChI=1S/C16H24N6O.HI/c1-4-17-16(19-11-15-21-20-12-22(15)5-2)18-10-13-8-6-7-9-14(13)23-3;/h6-9,12H,4-5,10-11H2,1-3H3,(H2,17,18,19);1H. The molecule has 1 aromatic carbocycles. The van der Waals surface area contributed by atoms with Crippen LogP contribution in [0, 0.1) is 0 Å². The van der Waals surface area contributed by atoms with Gasteiger partial charge in [0.25, 0.3) is 0 Å². The number of benzene rings is 1. The molecular formula is C16H25IN6O. The highest BCUT2D eigenvalue weighted by Gasteiger charge is 2.05. The van der Waals surface area contributed by atoms with Crippen LogP contribution >= 0.6 is 24.0 Å². The van der Waals surface area contributed by atoms with Crippen LogP contribution in [0.15, 0.2) is 35.6 Å². The Labute approximate surface area is 159 Å². The van der Waals surface area contributed by atoms with Crippen LogP contribution in [-0.4, -0.2) is 34.4 Å². The highest BCUT2D eigenvalue weighted by atomic mass is 127. The molecule has 2 rings (SSSR count). The third-order valence-corrected chi connectivity index (χ3v) is 3.39. The summed E-state index contributed by atoms with van der Waals surface area (Å²) in [5.74, 6) is 2.47. The van der Waals surface area contributed by atoms with Gasteiger partial charge in [-0.15, -0.1) is 34.2 Å². The van der Waals surface area contributed by atoms with Gasteiger partial charge in [-0.3, -0.25) is 0 Å². The van der Waals surface area contributed by atoms with Crippen molar-refractivity contribution in [3.63, 3.8) is 0 Å². The second-order valence-corrected chi connectivity index (χ2v) is 4.89. The van der Waals surface area contributed by atoms with Gasteiger partial charge >= 0.3 is 0 Å². The normalized spacial score (nSPS) is 10.9. The zero-order chi connectivity index (χ0) is 16.5. The van der Waals surface area contributed by atoms with Gasteiger partial charge in [-0.25, -0.2) is 4.99 Å². The zero-order valence-corrected chi connectivity index (χ0v) is 16.7. The minimum atomic E-state index is 0. The van der Waals surface area contributed by atoms with Crippen molar-refractivity contribution in [3.05, 3.63) is 42.0 Å². The molecule has 1 aromatic heterocycles. The van der Waals surface area contributed by atoms with Crippen LogP contribution in [0.4, 0.5) is 0 Å². The van der Waals surface area contributed by atoms with Crippen molar-refractivity contribution in [1.29, 1.82) is 0 Å². The fraction of sp³-hybridized carbons (Fsp3) is 0.438. The molecule has 0 fully saturated rings. The number of hydrogen-bond donors (Lipinski definition) is 2. The minimum Gasteiger partial charge on any atom is -0.496 e. The summed E-state index contributed by atoms with van der Waals surface area (Å²) in [6.07, 6.45) is 1.73. The topological polar surface area (TPSA) is 76.4 Å². The van der Waals surface area contributed by atoms with Crippen molar-refractivity contribution in [2.45, 2.75) is 33.5 Å². The Morgan fingerprint density at radius 3 is 2.75 bits per heavy atom. The first-order valence-corrected chi connectivity index (χ1v) is 7.79. The van der Waals surface area contributed by atoms with Crippen LogP contribution < -0.4 is 15.4 Å². The number of ether oxygens (including phenoxy) is 1. The number of rotatable bonds is 7. The lowest BCUT2D eigenvalue weighted by molar-refractivity contribution is 0.410. The van der Waals surface area contributed by atoms with Crippen molar-refractivity contribution in [2.24, 2.45) is 4.99 Å². The summed E-state index contributed by atoms with van der Waals surface area (Å²) < 4.78 is 7.35. The van der Waals surface area contributed by atoms with E-state index in [0.717, 1.165) is 36.2 Å². The second-order valence-electron chi connectivity index (χ2n) is 4.89. The van der Waals surface area contributed by atoms with E-state index in [0.29, 0.717) is 13.1 Å². The predicted octanol–water partition coefficient (Wildman–Crippen LogP) is 2.18. The maximum absolute atomic E-state index is 5.36. The lowest BCUT2D eigenvalue weighted by Gasteiger charge is -2.12. The first kappa shape index (κ1) is 20.2. The third-order valence-electron chi connectivity index (χ3n) is 3.39. The van der Waals surface area contributed by atoms with Gasteiger partial charge in [0.1, 0.15) is 12.1 Å². The number of para-hydroxylation sites is 1. The molecule has 1 heterocycles. The molecule has 0 aliphatic heterocycles. The Kier molecular flexibility index (Phi) is 9.13. The van der Waals surface area contributed by atoms with E-state index in [-0.39, 0.29) is 24.0 Å². The first-order chi connectivity index (χ1) is 11.3. The largest absolute Gasteiger partial charge is 0.496 e. The number of aliphatic imine (C=N–C) groups is 1. The van der Waals surface area contributed by atoms with Gasteiger partial charge in [-0.1, -0.05) is 18.2 Å². The number of methoxy groups -OCH3 is 1. The molecule has 8 heteroatoms. The zero-order valence-electron chi connectivity index (χ0n) is 14.3. The molecule has 2 N–H and O–H groups in total. The summed E-state index contributed by atoms with van der Waals surface area (Å²) in [7, 11) is 1.67. The second kappa shape index (κ2) is 10.8. The van der Waals surface area contributed by atoms with Gasteiger partial charge in [0.05, 0.1) is 20.2 Å². The van der Waals surface area contributed by atoms with E-state index >= 15 is 0 Å². The van der Waals surface area contributed by atoms with E-state index in [4.69, 9.17) is 4.74 Å². The van der Waals surface area contributed by atoms with Gasteiger partial charge in [-0.2, -0.15) is 0 Å². The third kappa shape index (κ3) is 5.66. The molecule has 0 unspecified atom stereocenters. The highest BCUT2D eigenvalue weighted by Crippen LogP contribution is 2.17. The number of aromatic nitrogens is 3. The molecule has 132 valence electrons. The van der Waals surface area contributed by atoms with Crippen LogP contribution in [0.25, 0.3) is 0 Å². The van der Waals surface area contributed by atoms with Crippen molar-refractivity contribution < 1.29 is 4.74 Å². The Morgan fingerprint density at radius 1 is 1.25 bits per heavy atom. The predicted molar refractivity (Wildman–Crippen MR) is 106 cm³/mol. The van der Waals surface area contributed by atoms with Gasteiger partial charge in [-0.05, 0) is 19.9 Å². The number of halogens is 1.